The number of esters is 1. The molecule has 0 saturated carbocycles. The van der Waals surface area contributed by atoms with Gasteiger partial charge in [-0.3, -0.25) is 0 Å². The second-order valence-electron chi connectivity index (χ2n) is 2.96. The quantitative estimate of drug-likeness (QED) is 0.341. The van der Waals surface area contributed by atoms with Gasteiger partial charge in [-0.1, -0.05) is 19.4 Å². The number of allylic oxidation sites excluding steroid dienone is 1. The van der Waals surface area contributed by atoms with E-state index in [9.17, 15) is 4.79 Å². The molecule has 1 rings (SSSR count). The predicted octanol–water partition coefficient (Wildman–Crippen LogP) is 2.02. The lowest BCUT2D eigenvalue weighted by Gasteiger charge is -1.86. The molecule has 1 aliphatic heterocycles. The SMILES string of the molecule is CCC/C=C1/CC(C)OC1=[OH+]. The molecule has 1 saturated heterocycles. The summed E-state index contributed by atoms with van der Waals surface area (Å²) in [5.74, 6) is 0.131. The van der Waals surface area contributed by atoms with Crippen molar-refractivity contribution in [3.63, 3.8) is 0 Å². The molecule has 0 spiro atoms. The summed E-state index contributed by atoms with van der Waals surface area (Å²) in [6, 6.07) is 0. The summed E-state index contributed by atoms with van der Waals surface area (Å²) in [6.07, 6.45) is 5.20. The Kier molecular flexibility index (Phi) is 2.69. The molecule has 62 valence electrons. The van der Waals surface area contributed by atoms with Crippen LogP contribution >= 0.6 is 0 Å². The van der Waals surface area contributed by atoms with Crippen LogP contribution in [0.1, 0.15) is 33.1 Å². The van der Waals surface area contributed by atoms with Crippen molar-refractivity contribution < 1.29 is 9.53 Å². The van der Waals surface area contributed by atoms with Crippen molar-refractivity contribution >= 4 is 5.97 Å². The fourth-order valence-electron chi connectivity index (χ4n) is 1.19. The van der Waals surface area contributed by atoms with Gasteiger partial charge in [-0.2, -0.15) is 0 Å². The van der Waals surface area contributed by atoms with Gasteiger partial charge in [0.15, 0.2) is 6.10 Å². The van der Waals surface area contributed by atoms with E-state index in [0.717, 1.165) is 24.8 Å². The van der Waals surface area contributed by atoms with Crippen LogP contribution in [0.3, 0.4) is 0 Å². The summed E-state index contributed by atoms with van der Waals surface area (Å²) in [5.41, 5.74) is 0.972. The Morgan fingerprint density at radius 3 is 2.91 bits per heavy atom. The second kappa shape index (κ2) is 3.56. The van der Waals surface area contributed by atoms with E-state index in [1.807, 2.05) is 6.92 Å². The summed E-state index contributed by atoms with van der Waals surface area (Å²) >= 11 is 0. The smallest absolute Gasteiger partial charge is 0.335 e. The molecular formula is C9H15O2+. The molecule has 0 radical (unpaired) electrons. The largest absolute Gasteiger partial charge is 0.513 e. The predicted molar refractivity (Wildman–Crippen MR) is 45.1 cm³/mol. The van der Waals surface area contributed by atoms with Gasteiger partial charge < -0.3 is 9.53 Å². The van der Waals surface area contributed by atoms with E-state index in [4.69, 9.17) is 4.74 Å². The maximum Gasteiger partial charge on any atom is 0.513 e. The summed E-state index contributed by atoms with van der Waals surface area (Å²) in [7, 11) is 0. The summed E-state index contributed by atoms with van der Waals surface area (Å²) in [5, 5.41) is 0. The van der Waals surface area contributed by atoms with Crippen molar-refractivity contribution in [1.29, 1.82) is 0 Å². The zero-order valence-electron chi connectivity index (χ0n) is 7.13. The number of hydrogen-bond acceptors (Lipinski definition) is 1. The monoisotopic (exact) mass is 155 g/mol. The lowest BCUT2D eigenvalue weighted by molar-refractivity contribution is 0.221. The van der Waals surface area contributed by atoms with Crippen LogP contribution in [0.25, 0.3) is 0 Å². The lowest BCUT2D eigenvalue weighted by atomic mass is 10.1. The second-order valence-corrected chi connectivity index (χ2v) is 2.96. The van der Waals surface area contributed by atoms with E-state index in [-0.39, 0.29) is 12.1 Å². The van der Waals surface area contributed by atoms with Crippen molar-refractivity contribution in [2.75, 3.05) is 0 Å². The molecule has 1 N–H and O–H groups in total. The topological polar surface area (TPSA) is 30.6 Å². The number of hydrogen-bond donors (Lipinski definition) is 0. The van der Waals surface area contributed by atoms with Crippen LogP contribution in [0, 0.1) is 0 Å². The van der Waals surface area contributed by atoms with Gasteiger partial charge in [0, 0.05) is 6.42 Å². The molecule has 2 nitrogen and oxygen atoms in total. The molecule has 0 aromatic carbocycles. The normalized spacial score (nSPS) is 27.6. The third-order valence-electron chi connectivity index (χ3n) is 1.77. The minimum absolute atomic E-state index is 0.131. The first kappa shape index (κ1) is 8.31. The first-order chi connectivity index (χ1) is 5.24. The molecule has 2 heteroatoms. The molecule has 1 aliphatic rings. The Hall–Kier alpha value is -0.790. The fourth-order valence-corrected chi connectivity index (χ4v) is 1.19. The molecule has 0 amide bonds. The van der Waals surface area contributed by atoms with Gasteiger partial charge in [0.25, 0.3) is 0 Å². The highest BCUT2D eigenvalue weighted by Gasteiger charge is 2.33. The highest BCUT2D eigenvalue weighted by atomic mass is 16.5. The van der Waals surface area contributed by atoms with E-state index < -0.39 is 0 Å². The van der Waals surface area contributed by atoms with E-state index in [1.54, 1.807) is 0 Å². The number of carbonyl (C=O) groups excluding carboxylic acids is 1. The third-order valence-corrected chi connectivity index (χ3v) is 1.77. The minimum Gasteiger partial charge on any atom is -0.335 e. The van der Waals surface area contributed by atoms with E-state index in [1.165, 1.54) is 0 Å². The van der Waals surface area contributed by atoms with Crippen molar-refractivity contribution in [3.05, 3.63) is 11.6 Å². The molecule has 1 heterocycles. The highest BCUT2D eigenvalue weighted by molar-refractivity contribution is 5.91. The van der Waals surface area contributed by atoms with Crippen molar-refractivity contribution in [1.82, 2.24) is 0 Å². The van der Waals surface area contributed by atoms with Crippen LogP contribution in [0.15, 0.2) is 11.6 Å². The zero-order valence-corrected chi connectivity index (χ0v) is 7.13. The van der Waals surface area contributed by atoms with Crippen LogP contribution in [0.5, 0.6) is 0 Å². The van der Waals surface area contributed by atoms with Crippen LogP contribution in [0.2, 0.25) is 0 Å². The Bertz CT molecular complexity index is 182. The van der Waals surface area contributed by atoms with Crippen molar-refractivity contribution in [2.45, 2.75) is 39.2 Å². The standard InChI is InChI=1S/C9H14O2/c1-3-4-5-8-6-7(2)11-9(8)10/h5,7H,3-4,6H2,1-2H3/p+1/b8-5-. The average Bonchev–Trinajstić information content (AvgIpc) is 2.26. The molecule has 1 unspecified atom stereocenters. The Balaban J connectivity index is 2.52. The maximum atomic E-state index is 9.21. The first-order valence-corrected chi connectivity index (χ1v) is 4.16. The van der Waals surface area contributed by atoms with E-state index >= 15 is 0 Å². The van der Waals surface area contributed by atoms with Crippen LogP contribution < -0.4 is 0 Å². The van der Waals surface area contributed by atoms with Gasteiger partial charge in [0.2, 0.25) is 0 Å². The Labute approximate surface area is 67.2 Å². The number of cyclic esters (lactones) is 1. The van der Waals surface area contributed by atoms with Gasteiger partial charge >= 0.3 is 5.97 Å². The Morgan fingerprint density at radius 1 is 1.73 bits per heavy atom. The molecule has 0 bridgehead atoms. The van der Waals surface area contributed by atoms with E-state index in [0.29, 0.717) is 0 Å². The maximum absolute atomic E-state index is 9.21. The number of ether oxygens (including phenoxy) is 1. The minimum atomic E-state index is 0.131. The average molecular weight is 155 g/mol. The highest BCUT2D eigenvalue weighted by Crippen LogP contribution is 2.19. The van der Waals surface area contributed by atoms with E-state index in [2.05, 4.69) is 13.0 Å². The van der Waals surface area contributed by atoms with Gasteiger partial charge in [-0.25, -0.2) is 0 Å². The van der Waals surface area contributed by atoms with Crippen LogP contribution in [0.4, 0.5) is 0 Å². The molecule has 11 heavy (non-hydrogen) atoms. The summed E-state index contributed by atoms with van der Waals surface area (Å²) < 4.78 is 5.07. The molecular weight excluding hydrogens is 140 g/mol. The molecule has 0 aliphatic carbocycles. The molecule has 1 atom stereocenters. The van der Waals surface area contributed by atoms with Crippen molar-refractivity contribution in [2.24, 2.45) is 0 Å². The summed E-state index contributed by atoms with van der Waals surface area (Å²) in [4.78, 5) is 9.21. The van der Waals surface area contributed by atoms with Gasteiger partial charge in [-0.15, -0.1) is 0 Å². The molecule has 0 aromatic rings. The lowest BCUT2D eigenvalue weighted by Crippen LogP contribution is -2.00. The summed E-state index contributed by atoms with van der Waals surface area (Å²) in [6.45, 7) is 4.08. The number of rotatable bonds is 2. The number of unbranched alkanes of at least 4 members (excludes halogenated alkanes) is 1. The van der Waals surface area contributed by atoms with Gasteiger partial charge in [0.05, 0.1) is 0 Å². The first-order valence-electron chi connectivity index (χ1n) is 4.16. The van der Waals surface area contributed by atoms with Crippen molar-refractivity contribution in [3.8, 4) is 0 Å². The van der Waals surface area contributed by atoms with Crippen LogP contribution in [-0.2, 0) is 4.74 Å². The van der Waals surface area contributed by atoms with Crippen LogP contribution in [-0.4, -0.2) is 16.9 Å². The molecule has 0 aromatic heterocycles. The van der Waals surface area contributed by atoms with Gasteiger partial charge in [0.1, 0.15) is 5.57 Å². The van der Waals surface area contributed by atoms with Gasteiger partial charge in [-0.05, 0) is 13.3 Å². The zero-order chi connectivity index (χ0) is 8.27. The fraction of sp³-hybridized carbons (Fsp3) is 0.667. The molecule has 1 fully saturated rings. The Morgan fingerprint density at radius 2 is 2.45 bits per heavy atom. The third kappa shape index (κ3) is 2.07.